The van der Waals surface area contributed by atoms with Crippen molar-refractivity contribution in [3.63, 3.8) is 0 Å². The molecule has 0 unspecified atom stereocenters. The first-order valence-corrected chi connectivity index (χ1v) is 11.8. The van der Waals surface area contributed by atoms with Crippen LogP contribution in [0.2, 0.25) is 0 Å². The van der Waals surface area contributed by atoms with Crippen LogP contribution in [0.3, 0.4) is 0 Å². The summed E-state index contributed by atoms with van der Waals surface area (Å²) in [5.41, 5.74) is -0.275. The number of anilines is 1. The number of sulfonamides is 1. The molecule has 2 aromatic carbocycles. The summed E-state index contributed by atoms with van der Waals surface area (Å²) in [5, 5.41) is 14.8. The average Bonchev–Trinajstić information content (AvgIpc) is 3.43. The first-order chi connectivity index (χ1) is 16.1. The van der Waals surface area contributed by atoms with Gasteiger partial charge in [-0.1, -0.05) is 0 Å². The number of nitriles is 1. The Balaban J connectivity index is 1.55. The van der Waals surface area contributed by atoms with Gasteiger partial charge in [-0.15, -0.1) is 11.3 Å². The van der Waals surface area contributed by atoms with Gasteiger partial charge in [0.2, 0.25) is 0 Å². The summed E-state index contributed by atoms with van der Waals surface area (Å²) >= 11 is 1.11. The average molecular weight is 506 g/mol. The van der Waals surface area contributed by atoms with Crippen LogP contribution in [0, 0.1) is 11.3 Å². The Kier molecular flexibility index (Phi) is 6.03. The lowest BCUT2D eigenvalue weighted by atomic mass is 10.1. The Bertz CT molecular complexity index is 1470. The van der Waals surface area contributed by atoms with Crippen molar-refractivity contribution in [2.45, 2.75) is 11.1 Å². The number of nitrogens with one attached hydrogen (secondary N) is 1. The van der Waals surface area contributed by atoms with Crippen molar-refractivity contribution in [3.8, 4) is 28.8 Å². The fourth-order valence-electron chi connectivity index (χ4n) is 3.00. The van der Waals surface area contributed by atoms with E-state index in [2.05, 4.69) is 14.8 Å². The van der Waals surface area contributed by atoms with Gasteiger partial charge >= 0.3 is 6.18 Å². The number of alkyl halides is 3. The van der Waals surface area contributed by atoms with Gasteiger partial charge in [-0.3, -0.25) is 9.40 Å². The minimum atomic E-state index is -4.55. The van der Waals surface area contributed by atoms with Crippen molar-refractivity contribution in [1.29, 1.82) is 5.26 Å². The summed E-state index contributed by atoms with van der Waals surface area (Å²) < 4.78 is 72.9. The van der Waals surface area contributed by atoms with Gasteiger partial charge < -0.3 is 4.74 Å². The second-order valence-corrected chi connectivity index (χ2v) is 9.45. The molecular weight excluding hydrogens is 491 g/mol. The van der Waals surface area contributed by atoms with Crippen molar-refractivity contribution in [2.75, 3.05) is 4.72 Å². The number of nitrogens with zero attached hydrogens (tertiary/aromatic N) is 4. The normalized spacial score (nSPS) is 11.7. The fourth-order valence-corrected chi connectivity index (χ4v) is 4.81. The Hall–Kier alpha value is -3.89. The van der Waals surface area contributed by atoms with E-state index in [0.29, 0.717) is 11.3 Å². The van der Waals surface area contributed by atoms with Gasteiger partial charge in [-0.05, 0) is 48.5 Å². The Morgan fingerprint density at radius 2 is 1.88 bits per heavy atom. The van der Waals surface area contributed by atoms with Crippen molar-refractivity contribution in [1.82, 2.24) is 14.8 Å². The third kappa shape index (κ3) is 4.87. The van der Waals surface area contributed by atoms with Gasteiger partial charge in [-0.2, -0.15) is 23.5 Å². The van der Waals surface area contributed by atoms with Crippen LogP contribution in [-0.2, 0) is 23.2 Å². The second-order valence-electron chi connectivity index (χ2n) is 6.88. The summed E-state index contributed by atoms with van der Waals surface area (Å²) in [7, 11) is -2.54. The first-order valence-electron chi connectivity index (χ1n) is 9.43. The van der Waals surface area contributed by atoms with Crippen LogP contribution in [0.25, 0.3) is 11.3 Å². The zero-order valence-corrected chi connectivity index (χ0v) is 18.9. The van der Waals surface area contributed by atoms with Crippen molar-refractivity contribution >= 4 is 26.5 Å². The molecule has 0 spiro atoms. The zero-order chi connectivity index (χ0) is 24.5. The van der Waals surface area contributed by atoms with Crippen molar-refractivity contribution in [2.24, 2.45) is 7.05 Å². The van der Waals surface area contributed by atoms with E-state index in [1.165, 1.54) is 43.6 Å². The van der Waals surface area contributed by atoms with Crippen LogP contribution in [0.5, 0.6) is 11.5 Å². The number of benzene rings is 2. The molecule has 0 fully saturated rings. The summed E-state index contributed by atoms with van der Waals surface area (Å²) in [6.07, 6.45) is -3.10. The van der Waals surface area contributed by atoms with Gasteiger partial charge in [0.15, 0.2) is 10.8 Å². The summed E-state index contributed by atoms with van der Waals surface area (Å²) in [6.45, 7) is 0. The molecule has 0 radical (unpaired) electrons. The van der Waals surface area contributed by atoms with Gasteiger partial charge in [-0.25, -0.2) is 13.4 Å². The molecule has 2 heterocycles. The number of halogens is 3. The van der Waals surface area contributed by atoms with E-state index >= 15 is 0 Å². The number of hydrogen-bond acceptors (Lipinski definition) is 7. The molecule has 34 heavy (non-hydrogen) atoms. The highest BCUT2D eigenvalue weighted by Gasteiger charge is 2.34. The molecule has 8 nitrogen and oxygen atoms in total. The Labute approximate surface area is 195 Å². The molecule has 13 heteroatoms. The third-order valence-electron chi connectivity index (χ3n) is 4.58. The maximum absolute atomic E-state index is 12.9. The predicted octanol–water partition coefficient (Wildman–Crippen LogP) is 5.03. The monoisotopic (exact) mass is 505 g/mol. The third-order valence-corrected chi connectivity index (χ3v) is 6.74. The van der Waals surface area contributed by atoms with E-state index < -0.39 is 21.9 Å². The van der Waals surface area contributed by atoms with E-state index in [9.17, 15) is 26.9 Å². The van der Waals surface area contributed by atoms with Crippen LogP contribution < -0.4 is 9.46 Å². The molecule has 0 aliphatic heterocycles. The molecule has 0 aliphatic rings. The van der Waals surface area contributed by atoms with E-state index in [-0.39, 0.29) is 27.0 Å². The molecule has 2 aromatic heterocycles. The second kappa shape index (κ2) is 8.81. The van der Waals surface area contributed by atoms with Gasteiger partial charge in [0.25, 0.3) is 10.0 Å². The van der Waals surface area contributed by atoms with Gasteiger partial charge in [0.1, 0.15) is 17.6 Å². The SMILES string of the molecule is Cn1nc(C(F)(F)F)cc1-c1ccc(Oc2ccc(S(=O)(=O)Nc3nccs3)cc2C#N)cc1. The van der Waals surface area contributed by atoms with Crippen LogP contribution in [-0.4, -0.2) is 23.2 Å². The standard InChI is InChI=1S/C21H14F3N5O3S2/c1-29-17(11-19(27-29)21(22,23)24)13-2-4-15(5-3-13)32-18-7-6-16(10-14(18)12-25)34(30,31)28-20-26-8-9-33-20/h2-11H,1H3,(H,26,28). The largest absolute Gasteiger partial charge is 0.456 e. The van der Waals surface area contributed by atoms with Crippen molar-refractivity contribution in [3.05, 3.63) is 71.4 Å². The lowest BCUT2D eigenvalue weighted by Gasteiger charge is -2.11. The van der Waals surface area contributed by atoms with Crippen LogP contribution >= 0.6 is 11.3 Å². The molecular formula is C21H14F3N5O3S2. The number of aryl methyl sites for hydroxylation is 1. The summed E-state index contributed by atoms with van der Waals surface area (Å²) in [5.74, 6) is 0.415. The molecule has 0 bridgehead atoms. The van der Waals surface area contributed by atoms with Crippen LogP contribution in [0.15, 0.2) is 65.0 Å². The highest BCUT2D eigenvalue weighted by molar-refractivity contribution is 7.93. The quantitative estimate of drug-likeness (QED) is 0.394. The van der Waals surface area contributed by atoms with Gasteiger partial charge in [0.05, 0.1) is 16.2 Å². The summed E-state index contributed by atoms with van der Waals surface area (Å²) in [6, 6.07) is 12.8. The smallest absolute Gasteiger partial charge is 0.435 e. The van der Waals surface area contributed by atoms with Crippen LogP contribution in [0.1, 0.15) is 11.3 Å². The first kappa shape index (κ1) is 23.3. The molecule has 4 rings (SSSR count). The number of hydrogen-bond donors (Lipinski definition) is 1. The number of ether oxygens (including phenoxy) is 1. The van der Waals surface area contributed by atoms with E-state index in [1.807, 2.05) is 6.07 Å². The predicted molar refractivity (Wildman–Crippen MR) is 118 cm³/mol. The Morgan fingerprint density at radius 1 is 1.15 bits per heavy atom. The topological polar surface area (TPSA) is 110 Å². The lowest BCUT2D eigenvalue weighted by molar-refractivity contribution is -0.141. The maximum Gasteiger partial charge on any atom is 0.435 e. The minimum Gasteiger partial charge on any atom is -0.456 e. The molecule has 0 amide bonds. The molecule has 174 valence electrons. The molecule has 4 aromatic rings. The van der Waals surface area contributed by atoms with E-state index in [4.69, 9.17) is 4.74 Å². The van der Waals surface area contributed by atoms with E-state index in [1.54, 1.807) is 17.5 Å². The molecule has 1 N–H and O–H groups in total. The highest BCUT2D eigenvalue weighted by atomic mass is 32.2. The zero-order valence-electron chi connectivity index (χ0n) is 17.2. The van der Waals surface area contributed by atoms with Gasteiger partial charge in [0, 0.05) is 24.2 Å². The van der Waals surface area contributed by atoms with Crippen LogP contribution in [0.4, 0.5) is 18.3 Å². The number of rotatable bonds is 6. The van der Waals surface area contributed by atoms with Crippen molar-refractivity contribution < 1.29 is 26.3 Å². The molecule has 0 saturated heterocycles. The lowest BCUT2D eigenvalue weighted by Crippen LogP contribution is -2.13. The number of aromatic nitrogens is 3. The highest BCUT2D eigenvalue weighted by Crippen LogP contribution is 2.33. The molecule has 0 atom stereocenters. The minimum absolute atomic E-state index is 0.0208. The van der Waals surface area contributed by atoms with E-state index in [0.717, 1.165) is 22.1 Å². The maximum atomic E-state index is 12.9. The Morgan fingerprint density at radius 3 is 2.47 bits per heavy atom. The summed E-state index contributed by atoms with van der Waals surface area (Å²) in [4.78, 5) is 3.73. The molecule has 0 aliphatic carbocycles. The number of thiazole rings is 1. The fraction of sp³-hybridized carbons (Fsp3) is 0.0952. The molecule has 0 saturated carbocycles.